The number of carbonyl (C=O) groups excluding carboxylic acids is 1. The monoisotopic (exact) mass is 398 g/mol. The number of fused-ring (bicyclic) bond motifs is 1. The number of rotatable bonds is 2. The van der Waals surface area contributed by atoms with Crippen molar-refractivity contribution in [3.63, 3.8) is 0 Å². The van der Waals surface area contributed by atoms with Crippen LogP contribution in [0, 0.1) is 19.3 Å². The quantitative estimate of drug-likeness (QED) is 0.643. The van der Waals surface area contributed by atoms with Gasteiger partial charge in [-0.05, 0) is 37.3 Å². The average molecular weight is 399 g/mol. The summed E-state index contributed by atoms with van der Waals surface area (Å²) in [5.41, 5.74) is 6.12. The summed E-state index contributed by atoms with van der Waals surface area (Å²) in [6.45, 7) is 8.44. The molecule has 30 heavy (non-hydrogen) atoms. The molecule has 0 amide bonds. The lowest BCUT2D eigenvalue weighted by Gasteiger charge is -2.38. The van der Waals surface area contributed by atoms with Gasteiger partial charge < -0.3 is 5.32 Å². The first kappa shape index (κ1) is 18.8. The van der Waals surface area contributed by atoms with E-state index in [2.05, 4.69) is 63.3 Å². The number of hydrogen-bond acceptors (Lipinski definition) is 4. The standard InChI is InChI=1S/C25H26N4O/c1-15-7-5-9-17(11-15)22-21-19(13-25(3,4)14-20(21)30)26-24-27-23(28-29(22)24)18-10-6-8-16(2)12-18/h5-12,22H,13-14H2,1-4H3,(H,26,27,28)/t22-/m0/s1. The molecular weight excluding hydrogens is 372 g/mol. The highest BCUT2D eigenvalue weighted by molar-refractivity contribution is 6.00. The van der Waals surface area contributed by atoms with Gasteiger partial charge in [0.15, 0.2) is 11.6 Å². The van der Waals surface area contributed by atoms with E-state index in [1.165, 1.54) is 0 Å². The molecule has 1 N–H and O–H groups in total. The third-order valence-electron chi connectivity index (χ3n) is 5.97. The number of ketones is 1. The lowest BCUT2D eigenvalue weighted by molar-refractivity contribution is -0.118. The second-order valence-electron chi connectivity index (χ2n) is 9.35. The predicted octanol–water partition coefficient (Wildman–Crippen LogP) is 5.22. The Hall–Kier alpha value is -3.21. The van der Waals surface area contributed by atoms with E-state index in [9.17, 15) is 4.79 Å². The number of allylic oxidation sites excluding steroid dienone is 2. The summed E-state index contributed by atoms with van der Waals surface area (Å²) < 4.78 is 1.89. The molecule has 5 nitrogen and oxygen atoms in total. The van der Waals surface area contributed by atoms with Crippen molar-refractivity contribution in [2.75, 3.05) is 5.32 Å². The Morgan fingerprint density at radius 2 is 1.77 bits per heavy atom. The first-order valence-electron chi connectivity index (χ1n) is 10.4. The van der Waals surface area contributed by atoms with E-state index >= 15 is 0 Å². The van der Waals surface area contributed by atoms with Crippen LogP contribution in [0.4, 0.5) is 5.95 Å². The van der Waals surface area contributed by atoms with E-state index in [1.54, 1.807) is 0 Å². The summed E-state index contributed by atoms with van der Waals surface area (Å²) in [5.74, 6) is 1.56. The van der Waals surface area contributed by atoms with Crippen LogP contribution in [0.15, 0.2) is 59.8 Å². The number of nitrogens with one attached hydrogen (secondary N) is 1. The number of anilines is 1. The Labute approximate surface area is 176 Å². The molecule has 0 saturated carbocycles. The van der Waals surface area contributed by atoms with Crippen LogP contribution in [0.5, 0.6) is 0 Å². The SMILES string of the molecule is Cc1cccc(-c2nc3n(n2)[C@@H](c2cccc(C)c2)C2=C(CC(C)(C)CC2=O)N3)c1. The van der Waals surface area contributed by atoms with E-state index < -0.39 is 0 Å². The van der Waals surface area contributed by atoms with Gasteiger partial charge in [-0.15, -0.1) is 5.10 Å². The molecule has 3 aromatic rings. The number of carbonyl (C=O) groups is 1. The van der Waals surface area contributed by atoms with Crippen molar-refractivity contribution >= 4 is 11.7 Å². The fraction of sp³-hybridized carbons (Fsp3) is 0.320. The molecule has 0 spiro atoms. The molecule has 1 aliphatic heterocycles. The van der Waals surface area contributed by atoms with Crippen LogP contribution in [-0.4, -0.2) is 20.5 Å². The van der Waals surface area contributed by atoms with Crippen LogP contribution in [0.3, 0.4) is 0 Å². The molecule has 0 saturated heterocycles. The molecule has 0 unspecified atom stereocenters. The van der Waals surface area contributed by atoms with Crippen molar-refractivity contribution < 1.29 is 4.79 Å². The van der Waals surface area contributed by atoms with E-state index in [0.717, 1.165) is 39.9 Å². The lowest BCUT2D eigenvalue weighted by atomic mass is 9.73. The largest absolute Gasteiger partial charge is 0.328 e. The molecule has 5 heteroatoms. The Balaban J connectivity index is 1.69. The second kappa shape index (κ2) is 6.66. The van der Waals surface area contributed by atoms with Crippen molar-refractivity contribution in [3.05, 3.63) is 76.5 Å². The minimum absolute atomic E-state index is 0.0678. The number of Topliss-reactive ketones (excluding diaryl/α,β-unsaturated/α-hetero) is 1. The molecule has 1 aliphatic carbocycles. The Kier molecular flexibility index (Phi) is 4.17. The third kappa shape index (κ3) is 3.15. The highest BCUT2D eigenvalue weighted by Crippen LogP contribution is 2.45. The highest BCUT2D eigenvalue weighted by atomic mass is 16.1. The van der Waals surface area contributed by atoms with Crippen molar-refractivity contribution in [2.45, 2.75) is 46.6 Å². The van der Waals surface area contributed by atoms with E-state index in [-0.39, 0.29) is 17.2 Å². The van der Waals surface area contributed by atoms with Gasteiger partial charge in [0.25, 0.3) is 0 Å². The van der Waals surface area contributed by atoms with E-state index in [4.69, 9.17) is 10.1 Å². The minimum atomic E-state index is -0.259. The number of aryl methyl sites for hydroxylation is 2. The van der Waals surface area contributed by atoms with E-state index in [1.807, 2.05) is 22.9 Å². The molecule has 5 rings (SSSR count). The van der Waals surface area contributed by atoms with Crippen molar-refractivity contribution in [1.29, 1.82) is 0 Å². The van der Waals surface area contributed by atoms with Gasteiger partial charge in [-0.1, -0.05) is 67.4 Å². The van der Waals surface area contributed by atoms with Crippen molar-refractivity contribution in [3.8, 4) is 11.4 Å². The zero-order valence-electron chi connectivity index (χ0n) is 17.9. The zero-order chi connectivity index (χ0) is 21.0. The maximum Gasteiger partial charge on any atom is 0.226 e. The van der Waals surface area contributed by atoms with Crippen LogP contribution in [-0.2, 0) is 4.79 Å². The molecule has 2 aliphatic rings. The van der Waals surface area contributed by atoms with E-state index in [0.29, 0.717) is 18.2 Å². The molecular formula is C25H26N4O. The van der Waals surface area contributed by atoms with Gasteiger partial charge >= 0.3 is 0 Å². The number of aromatic nitrogens is 3. The molecule has 0 bridgehead atoms. The summed E-state index contributed by atoms with van der Waals surface area (Å²) in [6, 6.07) is 16.3. The second-order valence-corrected chi connectivity index (χ2v) is 9.35. The molecule has 0 fully saturated rings. The van der Waals surface area contributed by atoms with Crippen LogP contribution in [0.25, 0.3) is 11.4 Å². The summed E-state index contributed by atoms with van der Waals surface area (Å²) in [6.07, 6.45) is 1.37. The zero-order valence-corrected chi connectivity index (χ0v) is 17.9. The van der Waals surface area contributed by atoms with Crippen LogP contribution in [0.2, 0.25) is 0 Å². The number of hydrogen-bond donors (Lipinski definition) is 1. The molecule has 2 aromatic carbocycles. The first-order valence-corrected chi connectivity index (χ1v) is 10.4. The van der Waals surface area contributed by atoms with Gasteiger partial charge in [0.05, 0.1) is 0 Å². The minimum Gasteiger partial charge on any atom is -0.328 e. The Morgan fingerprint density at radius 1 is 1.03 bits per heavy atom. The molecule has 0 radical (unpaired) electrons. The van der Waals surface area contributed by atoms with Crippen LogP contribution >= 0.6 is 0 Å². The average Bonchev–Trinajstić information content (AvgIpc) is 3.09. The lowest BCUT2D eigenvalue weighted by Crippen LogP contribution is -2.36. The van der Waals surface area contributed by atoms with Gasteiger partial charge in [-0.3, -0.25) is 4.79 Å². The fourth-order valence-electron chi connectivity index (χ4n) is 4.66. The van der Waals surface area contributed by atoms with Gasteiger partial charge in [0.2, 0.25) is 5.95 Å². The number of nitrogens with zero attached hydrogens (tertiary/aromatic N) is 3. The van der Waals surface area contributed by atoms with Gasteiger partial charge in [-0.2, -0.15) is 4.98 Å². The first-order chi connectivity index (χ1) is 14.3. The molecule has 152 valence electrons. The maximum absolute atomic E-state index is 13.3. The maximum atomic E-state index is 13.3. The smallest absolute Gasteiger partial charge is 0.226 e. The van der Waals surface area contributed by atoms with Crippen LogP contribution < -0.4 is 5.32 Å². The molecule has 1 atom stereocenters. The van der Waals surface area contributed by atoms with Gasteiger partial charge in [0, 0.05) is 23.3 Å². The van der Waals surface area contributed by atoms with Crippen molar-refractivity contribution in [2.24, 2.45) is 5.41 Å². The highest BCUT2D eigenvalue weighted by Gasteiger charge is 2.41. The Bertz CT molecular complexity index is 1200. The molecule has 1 aromatic heterocycles. The van der Waals surface area contributed by atoms with Crippen molar-refractivity contribution in [1.82, 2.24) is 14.8 Å². The topological polar surface area (TPSA) is 59.8 Å². The fourth-order valence-corrected chi connectivity index (χ4v) is 4.66. The predicted molar refractivity (Wildman–Crippen MR) is 118 cm³/mol. The normalized spacial score (nSPS) is 19.9. The van der Waals surface area contributed by atoms with Gasteiger partial charge in [-0.25, -0.2) is 4.68 Å². The van der Waals surface area contributed by atoms with Crippen LogP contribution in [0.1, 0.15) is 49.4 Å². The summed E-state index contributed by atoms with van der Waals surface area (Å²) >= 11 is 0. The summed E-state index contributed by atoms with van der Waals surface area (Å²) in [4.78, 5) is 18.1. The summed E-state index contributed by atoms with van der Waals surface area (Å²) in [5, 5.41) is 8.32. The Morgan fingerprint density at radius 3 is 2.50 bits per heavy atom. The third-order valence-corrected chi connectivity index (χ3v) is 5.97. The summed E-state index contributed by atoms with van der Waals surface area (Å²) in [7, 11) is 0. The number of benzene rings is 2. The molecule has 2 heterocycles. The van der Waals surface area contributed by atoms with Gasteiger partial charge in [0.1, 0.15) is 6.04 Å².